The van der Waals surface area contributed by atoms with Crippen LogP contribution in [0.2, 0.25) is 0 Å². The standard InChI is InChI=1S/C9H12N2O/c1-2-10-9-6-7-8(12-9)4-3-5-11-7/h3-5,9-10H,2,6H2,1H3. The zero-order valence-corrected chi connectivity index (χ0v) is 7.08. The molecule has 2 heterocycles. The van der Waals surface area contributed by atoms with Crippen LogP contribution < -0.4 is 10.1 Å². The van der Waals surface area contributed by atoms with Gasteiger partial charge in [-0.25, -0.2) is 0 Å². The fourth-order valence-corrected chi connectivity index (χ4v) is 1.40. The van der Waals surface area contributed by atoms with Gasteiger partial charge in [0.25, 0.3) is 0 Å². The number of nitrogens with one attached hydrogen (secondary N) is 1. The number of pyridine rings is 1. The van der Waals surface area contributed by atoms with Crippen molar-refractivity contribution in [3.8, 4) is 5.75 Å². The maximum absolute atomic E-state index is 5.57. The van der Waals surface area contributed by atoms with Crippen molar-refractivity contribution < 1.29 is 4.74 Å². The Morgan fingerprint density at radius 3 is 3.42 bits per heavy atom. The van der Waals surface area contributed by atoms with Gasteiger partial charge in [-0.1, -0.05) is 6.92 Å². The van der Waals surface area contributed by atoms with Crippen LogP contribution in [0.4, 0.5) is 0 Å². The molecule has 0 amide bonds. The number of hydrogen-bond acceptors (Lipinski definition) is 3. The van der Waals surface area contributed by atoms with Crippen molar-refractivity contribution in [3.63, 3.8) is 0 Å². The van der Waals surface area contributed by atoms with Crippen molar-refractivity contribution in [2.75, 3.05) is 6.54 Å². The van der Waals surface area contributed by atoms with Crippen molar-refractivity contribution in [2.24, 2.45) is 0 Å². The van der Waals surface area contributed by atoms with Crippen LogP contribution >= 0.6 is 0 Å². The van der Waals surface area contributed by atoms with Crippen LogP contribution in [0, 0.1) is 0 Å². The summed E-state index contributed by atoms with van der Waals surface area (Å²) in [5.41, 5.74) is 1.06. The van der Waals surface area contributed by atoms with Crippen LogP contribution in [0.5, 0.6) is 5.75 Å². The topological polar surface area (TPSA) is 34.2 Å². The van der Waals surface area contributed by atoms with Gasteiger partial charge in [0.1, 0.15) is 5.75 Å². The lowest BCUT2D eigenvalue weighted by atomic mass is 10.3. The maximum atomic E-state index is 5.57. The molecule has 3 nitrogen and oxygen atoms in total. The summed E-state index contributed by atoms with van der Waals surface area (Å²) in [7, 11) is 0. The third-order valence-corrected chi connectivity index (χ3v) is 1.93. The zero-order valence-electron chi connectivity index (χ0n) is 7.08. The molecule has 1 aromatic rings. The maximum Gasteiger partial charge on any atom is 0.156 e. The lowest BCUT2D eigenvalue weighted by Gasteiger charge is -2.09. The average molecular weight is 164 g/mol. The summed E-state index contributed by atoms with van der Waals surface area (Å²) in [5, 5.41) is 3.23. The highest BCUT2D eigenvalue weighted by Crippen LogP contribution is 2.24. The van der Waals surface area contributed by atoms with Crippen molar-refractivity contribution in [2.45, 2.75) is 19.6 Å². The van der Waals surface area contributed by atoms with Crippen LogP contribution in [0.15, 0.2) is 18.3 Å². The van der Waals surface area contributed by atoms with E-state index in [-0.39, 0.29) is 6.23 Å². The van der Waals surface area contributed by atoms with E-state index in [2.05, 4.69) is 17.2 Å². The first-order valence-corrected chi connectivity index (χ1v) is 4.24. The third kappa shape index (κ3) is 1.28. The molecule has 1 aromatic heterocycles. The van der Waals surface area contributed by atoms with E-state index in [1.165, 1.54) is 0 Å². The van der Waals surface area contributed by atoms with E-state index < -0.39 is 0 Å². The molecular formula is C9H12N2O. The van der Waals surface area contributed by atoms with E-state index in [1.807, 2.05) is 12.1 Å². The predicted octanol–water partition coefficient (Wildman–Crippen LogP) is 0.952. The first-order valence-electron chi connectivity index (χ1n) is 4.24. The minimum atomic E-state index is 0.125. The summed E-state index contributed by atoms with van der Waals surface area (Å²) in [6, 6.07) is 3.85. The van der Waals surface area contributed by atoms with Crippen LogP contribution in [-0.4, -0.2) is 17.8 Å². The summed E-state index contributed by atoms with van der Waals surface area (Å²) in [6.45, 7) is 3.00. The summed E-state index contributed by atoms with van der Waals surface area (Å²) in [4.78, 5) is 4.23. The van der Waals surface area contributed by atoms with E-state index in [1.54, 1.807) is 6.20 Å². The monoisotopic (exact) mass is 164 g/mol. The van der Waals surface area contributed by atoms with E-state index in [4.69, 9.17) is 4.74 Å². The number of fused-ring (bicyclic) bond motifs is 1. The molecule has 1 aliphatic rings. The first-order chi connectivity index (χ1) is 5.90. The second-order valence-corrected chi connectivity index (χ2v) is 2.82. The predicted molar refractivity (Wildman–Crippen MR) is 46.0 cm³/mol. The van der Waals surface area contributed by atoms with Crippen molar-refractivity contribution in [1.82, 2.24) is 10.3 Å². The molecule has 0 saturated heterocycles. The first kappa shape index (κ1) is 7.55. The van der Waals surface area contributed by atoms with Gasteiger partial charge in [0.2, 0.25) is 0 Å². The minimum absolute atomic E-state index is 0.125. The molecule has 1 unspecified atom stereocenters. The van der Waals surface area contributed by atoms with Crippen LogP contribution in [0.25, 0.3) is 0 Å². The van der Waals surface area contributed by atoms with Crippen molar-refractivity contribution in [1.29, 1.82) is 0 Å². The van der Waals surface area contributed by atoms with Gasteiger partial charge in [0.05, 0.1) is 5.69 Å². The smallest absolute Gasteiger partial charge is 0.156 e. The Kier molecular flexibility index (Phi) is 1.96. The zero-order chi connectivity index (χ0) is 8.39. The molecule has 0 spiro atoms. The second kappa shape index (κ2) is 3.11. The third-order valence-electron chi connectivity index (χ3n) is 1.93. The normalized spacial score (nSPS) is 20.2. The Morgan fingerprint density at radius 1 is 1.75 bits per heavy atom. The van der Waals surface area contributed by atoms with Crippen LogP contribution in [0.1, 0.15) is 12.6 Å². The van der Waals surface area contributed by atoms with E-state index in [0.29, 0.717) is 0 Å². The van der Waals surface area contributed by atoms with Crippen molar-refractivity contribution in [3.05, 3.63) is 24.0 Å². The van der Waals surface area contributed by atoms with Gasteiger partial charge in [-0.05, 0) is 18.7 Å². The Labute approximate surface area is 71.8 Å². The molecule has 3 heteroatoms. The highest BCUT2D eigenvalue weighted by molar-refractivity contribution is 5.30. The molecule has 0 bridgehead atoms. The Morgan fingerprint density at radius 2 is 2.67 bits per heavy atom. The molecule has 0 aliphatic carbocycles. The molecular weight excluding hydrogens is 152 g/mol. The molecule has 0 saturated carbocycles. The van der Waals surface area contributed by atoms with Gasteiger partial charge in [-0.15, -0.1) is 0 Å². The lowest BCUT2D eigenvalue weighted by Crippen LogP contribution is -2.32. The fourth-order valence-electron chi connectivity index (χ4n) is 1.40. The van der Waals surface area contributed by atoms with Gasteiger partial charge >= 0.3 is 0 Å². The summed E-state index contributed by atoms with van der Waals surface area (Å²) in [5.74, 6) is 0.920. The summed E-state index contributed by atoms with van der Waals surface area (Å²) < 4.78 is 5.57. The number of likely N-dealkylation sites (N-methyl/N-ethyl adjacent to an activating group) is 1. The molecule has 1 atom stereocenters. The quantitative estimate of drug-likeness (QED) is 0.706. The molecule has 2 rings (SSSR count). The van der Waals surface area contributed by atoms with E-state index >= 15 is 0 Å². The molecule has 1 N–H and O–H groups in total. The summed E-state index contributed by atoms with van der Waals surface area (Å²) in [6.07, 6.45) is 2.81. The highest BCUT2D eigenvalue weighted by Gasteiger charge is 2.21. The van der Waals surface area contributed by atoms with Gasteiger partial charge in [-0.3, -0.25) is 10.3 Å². The minimum Gasteiger partial charge on any atom is -0.473 e. The average Bonchev–Trinajstić information content (AvgIpc) is 2.47. The molecule has 0 aromatic carbocycles. The van der Waals surface area contributed by atoms with E-state index in [0.717, 1.165) is 24.4 Å². The molecule has 12 heavy (non-hydrogen) atoms. The molecule has 64 valence electrons. The highest BCUT2D eigenvalue weighted by atomic mass is 16.5. The Balaban J connectivity index is 2.11. The fraction of sp³-hybridized carbons (Fsp3) is 0.444. The van der Waals surface area contributed by atoms with Crippen LogP contribution in [-0.2, 0) is 6.42 Å². The number of aromatic nitrogens is 1. The molecule has 0 fully saturated rings. The van der Waals surface area contributed by atoms with Gasteiger partial charge < -0.3 is 4.74 Å². The van der Waals surface area contributed by atoms with Gasteiger partial charge in [0, 0.05) is 12.6 Å². The number of rotatable bonds is 2. The largest absolute Gasteiger partial charge is 0.473 e. The van der Waals surface area contributed by atoms with Crippen molar-refractivity contribution >= 4 is 0 Å². The number of ether oxygens (including phenoxy) is 1. The SMILES string of the molecule is CCNC1Cc2ncccc2O1. The summed E-state index contributed by atoms with van der Waals surface area (Å²) >= 11 is 0. The van der Waals surface area contributed by atoms with E-state index in [9.17, 15) is 0 Å². The lowest BCUT2D eigenvalue weighted by molar-refractivity contribution is 0.195. The second-order valence-electron chi connectivity index (χ2n) is 2.82. The molecule has 0 radical (unpaired) electrons. The molecule has 1 aliphatic heterocycles. The Hall–Kier alpha value is -1.09. The van der Waals surface area contributed by atoms with Gasteiger partial charge in [0.15, 0.2) is 6.23 Å². The number of nitrogens with zero attached hydrogens (tertiary/aromatic N) is 1. The Bertz CT molecular complexity index is 250. The van der Waals surface area contributed by atoms with Gasteiger partial charge in [-0.2, -0.15) is 0 Å². The van der Waals surface area contributed by atoms with Crippen LogP contribution in [0.3, 0.4) is 0 Å². The number of hydrogen-bond donors (Lipinski definition) is 1.